The highest BCUT2D eigenvalue weighted by atomic mass is 16.5. The van der Waals surface area contributed by atoms with Gasteiger partial charge in [-0.15, -0.1) is 5.10 Å². The van der Waals surface area contributed by atoms with Gasteiger partial charge in [0.1, 0.15) is 23.1 Å². The van der Waals surface area contributed by atoms with Crippen molar-refractivity contribution in [3.63, 3.8) is 0 Å². The van der Waals surface area contributed by atoms with E-state index in [-0.39, 0.29) is 18.2 Å². The lowest BCUT2D eigenvalue weighted by atomic mass is 9.84. The monoisotopic (exact) mass is 467 g/mol. The number of hydrogen-bond acceptors (Lipinski definition) is 8. The molecule has 3 heterocycles. The maximum atomic E-state index is 10.3. The van der Waals surface area contributed by atoms with Gasteiger partial charge in [0.15, 0.2) is 0 Å². The van der Waals surface area contributed by atoms with Crippen molar-refractivity contribution in [1.29, 1.82) is 5.26 Å². The van der Waals surface area contributed by atoms with E-state index in [0.717, 1.165) is 31.1 Å². The van der Waals surface area contributed by atoms with Gasteiger partial charge in [0.25, 0.3) is 5.88 Å². The number of nitrogens with zero attached hydrogens (tertiary/aromatic N) is 6. The molecule has 0 bridgehead atoms. The summed E-state index contributed by atoms with van der Waals surface area (Å²) in [5.41, 5.74) is 1.24. The van der Waals surface area contributed by atoms with E-state index in [2.05, 4.69) is 16.4 Å². The van der Waals surface area contributed by atoms with Gasteiger partial charge in [-0.1, -0.05) is 0 Å². The maximum absolute atomic E-state index is 10.3. The van der Waals surface area contributed by atoms with Crippen LogP contribution in [0.25, 0.3) is 11.0 Å². The van der Waals surface area contributed by atoms with Crippen LogP contribution in [0.3, 0.4) is 0 Å². The van der Waals surface area contributed by atoms with Gasteiger partial charge in [0.05, 0.1) is 36.6 Å². The second-order valence-electron chi connectivity index (χ2n) is 9.64. The highest BCUT2D eigenvalue weighted by Gasteiger charge is 2.30. The van der Waals surface area contributed by atoms with Gasteiger partial charge in [-0.05, 0) is 59.4 Å². The predicted molar refractivity (Wildman–Crippen MR) is 128 cm³/mol. The van der Waals surface area contributed by atoms with Gasteiger partial charge < -0.3 is 24.5 Å². The Balaban J connectivity index is 1.66. The van der Waals surface area contributed by atoms with Gasteiger partial charge in [0, 0.05) is 18.7 Å². The Morgan fingerprint density at radius 3 is 2.71 bits per heavy atom. The van der Waals surface area contributed by atoms with Gasteiger partial charge >= 0.3 is 0 Å². The van der Waals surface area contributed by atoms with Crippen molar-refractivity contribution < 1.29 is 14.6 Å². The third-order valence-corrected chi connectivity index (χ3v) is 6.24. The van der Waals surface area contributed by atoms with Crippen molar-refractivity contribution in [2.24, 2.45) is 0 Å². The van der Waals surface area contributed by atoms with Crippen molar-refractivity contribution in [2.45, 2.75) is 77.2 Å². The lowest BCUT2D eigenvalue weighted by molar-refractivity contribution is 0.00836. The first kappa shape index (κ1) is 24.0. The smallest absolute Gasteiger partial charge is 0.257 e. The van der Waals surface area contributed by atoms with Crippen LogP contribution >= 0.6 is 0 Å². The molecule has 1 saturated carbocycles. The predicted octanol–water partition coefficient (Wildman–Crippen LogP) is 4.10. The molecule has 0 spiro atoms. The number of hydrogen-bond donors (Lipinski definition) is 2. The average Bonchev–Trinajstić information content (AvgIpc) is 3.34. The highest BCUT2D eigenvalue weighted by Crippen LogP contribution is 2.37. The summed E-state index contributed by atoms with van der Waals surface area (Å²) >= 11 is 0. The van der Waals surface area contributed by atoms with Gasteiger partial charge in [-0.3, -0.25) is 4.68 Å². The summed E-state index contributed by atoms with van der Waals surface area (Å²) in [6.45, 7) is 8.24. The standard InChI is InChI=1S/C24H33N7O3/c1-15(2)34-22-20(13-30(29-22)18-6-8-24(4,32)9-7-18)27-23-26-12-17-10-19(11-25)31(21(17)28-23)16(3)14-33-5/h10,12-13,15-16,18,32H,6-9,14H2,1-5H3,(H,26,27,28)/t16-,18?,24?/m0/s1. The summed E-state index contributed by atoms with van der Waals surface area (Å²) in [6.07, 6.45) is 6.74. The molecule has 4 rings (SSSR count). The molecule has 0 saturated heterocycles. The van der Waals surface area contributed by atoms with Gasteiger partial charge in [0.2, 0.25) is 5.95 Å². The lowest BCUT2D eigenvalue weighted by Crippen LogP contribution is -2.31. The van der Waals surface area contributed by atoms with Crippen LogP contribution in [0.15, 0.2) is 18.5 Å². The van der Waals surface area contributed by atoms with Crippen LogP contribution in [-0.2, 0) is 4.74 Å². The molecule has 0 amide bonds. The first-order valence-corrected chi connectivity index (χ1v) is 11.7. The molecule has 0 aromatic carbocycles. The van der Waals surface area contributed by atoms with Crippen LogP contribution in [0.5, 0.6) is 5.88 Å². The van der Waals surface area contributed by atoms with E-state index in [1.54, 1.807) is 19.4 Å². The lowest BCUT2D eigenvalue weighted by Gasteiger charge is -2.32. The van der Waals surface area contributed by atoms with E-state index >= 15 is 0 Å². The van der Waals surface area contributed by atoms with Crippen LogP contribution in [0, 0.1) is 11.3 Å². The highest BCUT2D eigenvalue weighted by molar-refractivity contribution is 5.79. The summed E-state index contributed by atoms with van der Waals surface area (Å²) < 4.78 is 15.1. The van der Waals surface area contributed by atoms with Crippen LogP contribution in [0.1, 0.15) is 71.2 Å². The van der Waals surface area contributed by atoms with Crippen LogP contribution in [-0.4, -0.2) is 54.8 Å². The molecule has 0 unspecified atom stereocenters. The molecule has 1 atom stereocenters. The third-order valence-electron chi connectivity index (χ3n) is 6.24. The summed E-state index contributed by atoms with van der Waals surface area (Å²) in [6, 6.07) is 4.15. The minimum Gasteiger partial charge on any atom is -0.472 e. The fourth-order valence-corrected chi connectivity index (χ4v) is 4.48. The van der Waals surface area contributed by atoms with E-state index < -0.39 is 5.60 Å². The number of aliphatic hydroxyl groups is 1. The number of aromatic nitrogens is 5. The first-order valence-electron chi connectivity index (χ1n) is 11.7. The maximum Gasteiger partial charge on any atom is 0.257 e. The molecule has 0 radical (unpaired) electrons. The SMILES string of the molecule is COC[C@H](C)n1c(C#N)cc2cnc(Nc3cn(C4CCC(C)(O)CC4)nc3OC(C)C)nc21. The Morgan fingerprint density at radius 1 is 1.32 bits per heavy atom. The number of rotatable bonds is 8. The summed E-state index contributed by atoms with van der Waals surface area (Å²) in [7, 11) is 1.64. The summed E-state index contributed by atoms with van der Waals surface area (Å²) in [4.78, 5) is 9.17. The minimum atomic E-state index is -0.609. The Bertz CT molecular complexity index is 1180. The molecule has 10 nitrogen and oxygen atoms in total. The number of nitriles is 1. The van der Waals surface area contributed by atoms with Crippen molar-refractivity contribution in [3.05, 3.63) is 24.2 Å². The van der Waals surface area contributed by atoms with E-state index in [1.165, 1.54) is 0 Å². The molecule has 3 aromatic heterocycles. The van der Waals surface area contributed by atoms with Crippen LogP contribution in [0.2, 0.25) is 0 Å². The molecule has 3 aromatic rings. The fourth-order valence-electron chi connectivity index (χ4n) is 4.48. The molecule has 2 N–H and O–H groups in total. The molecule has 182 valence electrons. The third kappa shape index (κ3) is 5.00. The Labute approximate surface area is 199 Å². The largest absolute Gasteiger partial charge is 0.472 e. The first-order chi connectivity index (χ1) is 16.2. The summed E-state index contributed by atoms with van der Waals surface area (Å²) in [5.74, 6) is 0.873. The molecular weight excluding hydrogens is 434 g/mol. The molecule has 1 aliphatic carbocycles. The quantitative estimate of drug-likeness (QED) is 0.507. The number of anilines is 2. The second kappa shape index (κ2) is 9.60. The Kier molecular flexibility index (Phi) is 6.77. The van der Waals surface area contributed by atoms with Crippen LogP contribution < -0.4 is 10.1 Å². The molecular formula is C24H33N7O3. The van der Waals surface area contributed by atoms with E-state index in [9.17, 15) is 10.4 Å². The molecule has 0 aliphatic heterocycles. The topological polar surface area (TPSA) is 123 Å². The minimum absolute atomic E-state index is 0.0512. The Morgan fingerprint density at radius 2 is 2.06 bits per heavy atom. The van der Waals surface area contributed by atoms with Crippen molar-refractivity contribution in [1.82, 2.24) is 24.3 Å². The molecule has 34 heavy (non-hydrogen) atoms. The molecule has 1 fully saturated rings. The number of nitrogens with one attached hydrogen (secondary N) is 1. The number of ether oxygens (including phenoxy) is 2. The zero-order chi connectivity index (χ0) is 24.5. The summed E-state index contributed by atoms with van der Waals surface area (Å²) in [5, 5.41) is 28.6. The van der Waals surface area contributed by atoms with E-state index in [1.807, 2.05) is 43.1 Å². The van der Waals surface area contributed by atoms with Crippen molar-refractivity contribution in [2.75, 3.05) is 19.0 Å². The van der Waals surface area contributed by atoms with Crippen molar-refractivity contribution >= 4 is 22.7 Å². The van der Waals surface area contributed by atoms with Gasteiger partial charge in [-0.25, -0.2) is 4.98 Å². The van der Waals surface area contributed by atoms with E-state index in [0.29, 0.717) is 35.5 Å². The van der Waals surface area contributed by atoms with Crippen molar-refractivity contribution in [3.8, 4) is 11.9 Å². The number of fused-ring (bicyclic) bond motifs is 1. The zero-order valence-electron chi connectivity index (χ0n) is 20.4. The second-order valence-corrected chi connectivity index (χ2v) is 9.64. The fraction of sp³-hybridized carbons (Fsp3) is 0.583. The zero-order valence-corrected chi connectivity index (χ0v) is 20.4. The average molecular weight is 468 g/mol. The van der Waals surface area contributed by atoms with Crippen LogP contribution in [0.4, 0.5) is 11.6 Å². The molecule has 10 heteroatoms. The number of methoxy groups -OCH3 is 1. The van der Waals surface area contributed by atoms with E-state index in [4.69, 9.17) is 19.6 Å². The molecule has 1 aliphatic rings. The Hall–Kier alpha value is -3.16. The van der Waals surface area contributed by atoms with Gasteiger partial charge in [-0.2, -0.15) is 10.2 Å². The normalized spacial score (nSPS) is 21.5.